The Labute approximate surface area is 156 Å². The lowest BCUT2D eigenvalue weighted by molar-refractivity contribution is -0.119. The zero-order chi connectivity index (χ0) is 19.4. The minimum Gasteiger partial charge on any atom is -0.325 e. The van der Waals surface area contributed by atoms with Gasteiger partial charge in [0.25, 0.3) is 0 Å². The van der Waals surface area contributed by atoms with Crippen molar-refractivity contribution in [2.45, 2.75) is 37.6 Å². The Morgan fingerprint density at radius 2 is 1.96 bits per heavy atom. The third kappa shape index (κ3) is 2.88. The fraction of sp³-hybridized carbons (Fsp3) is 0.278. The van der Waals surface area contributed by atoms with Crippen LogP contribution in [0.2, 0.25) is 0 Å². The number of aromatic nitrogens is 3. The Kier molecular flexibility index (Phi) is 3.83. The molecule has 0 radical (unpaired) electrons. The van der Waals surface area contributed by atoms with Crippen molar-refractivity contribution in [2.24, 2.45) is 0 Å². The monoisotopic (exact) mass is 385 g/mol. The molecule has 0 fully saturated rings. The number of sulfonamides is 1. The first-order valence-electron chi connectivity index (χ1n) is 8.44. The van der Waals surface area contributed by atoms with E-state index in [1.807, 2.05) is 25.3 Å². The Bertz CT molecular complexity index is 1180. The number of carbonyl (C=O) groups excluding carboxylic acids is 1. The number of hydrogen-bond donors (Lipinski definition) is 2. The molecule has 27 heavy (non-hydrogen) atoms. The van der Waals surface area contributed by atoms with Gasteiger partial charge >= 0.3 is 0 Å². The molecule has 140 valence electrons. The molecule has 0 saturated heterocycles. The third-order valence-electron chi connectivity index (χ3n) is 4.83. The van der Waals surface area contributed by atoms with E-state index in [0.29, 0.717) is 22.7 Å². The zero-order valence-electron chi connectivity index (χ0n) is 15.1. The van der Waals surface area contributed by atoms with Gasteiger partial charge in [-0.3, -0.25) is 9.20 Å². The SMILES string of the molecule is Cc1ccc2nnc(CNS(=O)(=O)c3ccc4c(c3)C(C)(C)C(=O)N4)n2c1. The second-order valence-corrected chi connectivity index (χ2v) is 8.93. The molecule has 2 aromatic heterocycles. The van der Waals surface area contributed by atoms with Crippen LogP contribution in [0, 0.1) is 6.92 Å². The van der Waals surface area contributed by atoms with Crippen LogP contribution >= 0.6 is 0 Å². The van der Waals surface area contributed by atoms with E-state index in [0.717, 1.165) is 5.56 Å². The largest absolute Gasteiger partial charge is 0.325 e. The number of hydrogen-bond acceptors (Lipinski definition) is 5. The van der Waals surface area contributed by atoms with Crippen LogP contribution in [-0.2, 0) is 26.8 Å². The van der Waals surface area contributed by atoms with Crippen LogP contribution in [0.1, 0.15) is 30.8 Å². The van der Waals surface area contributed by atoms with Crippen LogP contribution in [-0.4, -0.2) is 28.9 Å². The lowest BCUT2D eigenvalue weighted by atomic mass is 9.86. The summed E-state index contributed by atoms with van der Waals surface area (Å²) in [4.78, 5) is 12.2. The van der Waals surface area contributed by atoms with Crippen molar-refractivity contribution in [3.8, 4) is 0 Å². The summed E-state index contributed by atoms with van der Waals surface area (Å²) < 4.78 is 29.8. The van der Waals surface area contributed by atoms with Crippen molar-refractivity contribution in [3.63, 3.8) is 0 Å². The van der Waals surface area contributed by atoms with Crippen molar-refractivity contribution >= 4 is 27.3 Å². The predicted octanol–water partition coefficient (Wildman–Crippen LogP) is 1.75. The van der Waals surface area contributed by atoms with Gasteiger partial charge in [0.2, 0.25) is 15.9 Å². The van der Waals surface area contributed by atoms with E-state index in [9.17, 15) is 13.2 Å². The first-order chi connectivity index (χ1) is 12.7. The molecule has 3 heterocycles. The van der Waals surface area contributed by atoms with Gasteiger partial charge in [0.15, 0.2) is 11.5 Å². The summed E-state index contributed by atoms with van der Waals surface area (Å²) in [5.41, 5.74) is 2.20. The number of benzene rings is 1. The van der Waals surface area contributed by atoms with Crippen molar-refractivity contribution in [1.29, 1.82) is 0 Å². The van der Waals surface area contributed by atoms with Gasteiger partial charge in [-0.1, -0.05) is 6.07 Å². The summed E-state index contributed by atoms with van der Waals surface area (Å²) >= 11 is 0. The molecule has 1 aliphatic heterocycles. The normalized spacial score (nSPS) is 15.7. The smallest absolute Gasteiger partial charge is 0.240 e. The van der Waals surface area contributed by atoms with Crippen LogP contribution in [0.4, 0.5) is 5.69 Å². The van der Waals surface area contributed by atoms with E-state index in [1.165, 1.54) is 6.07 Å². The fourth-order valence-electron chi connectivity index (χ4n) is 3.13. The first-order valence-corrected chi connectivity index (χ1v) is 9.93. The quantitative estimate of drug-likeness (QED) is 0.712. The maximum Gasteiger partial charge on any atom is 0.240 e. The lowest BCUT2D eigenvalue weighted by Gasteiger charge is -2.16. The van der Waals surface area contributed by atoms with Crippen LogP contribution in [0.5, 0.6) is 0 Å². The number of pyridine rings is 1. The van der Waals surface area contributed by atoms with Crippen molar-refractivity contribution in [2.75, 3.05) is 5.32 Å². The minimum atomic E-state index is -3.77. The number of aryl methyl sites for hydroxylation is 1. The maximum absolute atomic E-state index is 12.7. The third-order valence-corrected chi connectivity index (χ3v) is 6.23. The van der Waals surface area contributed by atoms with Gasteiger partial charge < -0.3 is 5.32 Å². The molecular formula is C18H19N5O3S. The van der Waals surface area contributed by atoms with Crippen molar-refractivity contribution in [1.82, 2.24) is 19.3 Å². The highest BCUT2D eigenvalue weighted by atomic mass is 32.2. The molecule has 0 saturated carbocycles. The Hall–Kier alpha value is -2.78. The average molecular weight is 385 g/mol. The van der Waals surface area contributed by atoms with E-state index in [1.54, 1.807) is 30.4 Å². The number of nitrogens with one attached hydrogen (secondary N) is 2. The number of rotatable bonds is 4. The lowest BCUT2D eigenvalue weighted by Crippen LogP contribution is -2.27. The summed E-state index contributed by atoms with van der Waals surface area (Å²) in [6, 6.07) is 8.38. The minimum absolute atomic E-state index is 0.00457. The van der Waals surface area contributed by atoms with Gasteiger partial charge in [0.1, 0.15) is 0 Å². The fourth-order valence-corrected chi connectivity index (χ4v) is 4.13. The van der Waals surface area contributed by atoms with Gasteiger partial charge in [-0.15, -0.1) is 10.2 Å². The highest BCUT2D eigenvalue weighted by Crippen LogP contribution is 2.38. The van der Waals surface area contributed by atoms with Gasteiger partial charge in [-0.2, -0.15) is 0 Å². The van der Waals surface area contributed by atoms with E-state index < -0.39 is 15.4 Å². The van der Waals surface area contributed by atoms with Crippen LogP contribution in [0.25, 0.3) is 5.65 Å². The molecule has 1 aromatic carbocycles. The van der Waals surface area contributed by atoms with E-state index in [-0.39, 0.29) is 17.3 Å². The van der Waals surface area contributed by atoms with E-state index in [2.05, 4.69) is 20.2 Å². The molecule has 2 N–H and O–H groups in total. The second kappa shape index (κ2) is 5.86. The van der Waals surface area contributed by atoms with Crippen LogP contribution in [0.15, 0.2) is 41.4 Å². The molecule has 0 bridgehead atoms. The summed E-state index contributed by atoms with van der Waals surface area (Å²) in [6.07, 6.45) is 1.86. The summed E-state index contributed by atoms with van der Waals surface area (Å²) in [7, 11) is -3.77. The van der Waals surface area contributed by atoms with Crippen LogP contribution in [0.3, 0.4) is 0 Å². The van der Waals surface area contributed by atoms with Crippen molar-refractivity contribution < 1.29 is 13.2 Å². The van der Waals surface area contributed by atoms with E-state index in [4.69, 9.17) is 0 Å². The molecule has 0 aliphatic carbocycles. The molecule has 0 spiro atoms. The summed E-state index contributed by atoms with van der Waals surface area (Å²) in [5, 5.41) is 10.9. The molecule has 9 heteroatoms. The van der Waals surface area contributed by atoms with Gasteiger partial charge in [0.05, 0.1) is 16.9 Å². The average Bonchev–Trinajstić information content (AvgIpc) is 3.11. The number of fused-ring (bicyclic) bond motifs is 2. The topological polar surface area (TPSA) is 105 Å². The molecular weight excluding hydrogens is 366 g/mol. The molecule has 0 unspecified atom stereocenters. The second-order valence-electron chi connectivity index (χ2n) is 7.16. The molecule has 3 aromatic rings. The summed E-state index contributed by atoms with van der Waals surface area (Å²) in [6.45, 7) is 5.48. The Balaban J connectivity index is 1.62. The predicted molar refractivity (Wildman–Crippen MR) is 99.8 cm³/mol. The zero-order valence-corrected chi connectivity index (χ0v) is 16.0. The van der Waals surface area contributed by atoms with Gasteiger partial charge in [-0.05, 0) is 56.2 Å². The maximum atomic E-state index is 12.7. The highest BCUT2D eigenvalue weighted by molar-refractivity contribution is 7.89. The van der Waals surface area contributed by atoms with Crippen molar-refractivity contribution in [3.05, 3.63) is 53.5 Å². The summed E-state index contributed by atoms with van der Waals surface area (Å²) in [5.74, 6) is 0.348. The number of nitrogens with zero attached hydrogens (tertiary/aromatic N) is 3. The first kappa shape index (κ1) is 17.6. The Morgan fingerprint density at radius 1 is 1.19 bits per heavy atom. The van der Waals surface area contributed by atoms with E-state index >= 15 is 0 Å². The molecule has 1 aliphatic rings. The van der Waals surface area contributed by atoms with Crippen LogP contribution < -0.4 is 10.0 Å². The highest BCUT2D eigenvalue weighted by Gasteiger charge is 2.39. The number of amides is 1. The molecule has 0 atom stereocenters. The van der Waals surface area contributed by atoms with Gasteiger partial charge in [0, 0.05) is 11.9 Å². The Morgan fingerprint density at radius 3 is 2.74 bits per heavy atom. The van der Waals surface area contributed by atoms with Gasteiger partial charge in [-0.25, -0.2) is 13.1 Å². The number of carbonyl (C=O) groups is 1. The number of anilines is 1. The molecule has 1 amide bonds. The standard InChI is InChI=1S/C18H19N5O3S/c1-11-4-7-15-21-22-16(23(15)10-11)9-19-27(25,26)12-5-6-14-13(8-12)18(2,3)17(24)20-14/h4-8,10,19H,9H2,1-3H3,(H,20,24). The molecule has 4 rings (SSSR count). The molecule has 8 nitrogen and oxygen atoms in total.